The summed E-state index contributed by atoms with van der Waals surface area (Å²) in [7, 11) is 0. The minimum absolute atomic E-state index is 0. The number of hydrogen-bond donors (Lipinski definition) is 2. The number of ether oxygens (including phenoxy) is 2. The molecule has 2 N–H and O–H groups in total. The number of benzene rings is 1. The molecule has 1 aromatic carbocycles. The Labute approximate surface area is 196 Å². The van der Waals surface area contributed by atoms with E-state index in [2.05, 4.69) is 44.9 Å². The highest BCUT2D eigenvalue weighted by atomic mass is 127. The Bertz CT molecular complexity index is 784. The normalized spacial score (nSPS) is 15.0. The van der Waals surface area contributed by atoms with Crippen LogP contribution in [0, 0.1) is 13.8 Å². The van der Waals surface area contributed by atoms with Crippen LogP contribution in [-0.4, -0.2) is 36.8 Å². The first kappa shape index (κ1) is 24.6. The van der Waals surface area contributed by atoms with E-state index >= 15 is 0 Å². The van der Waals surface area contributed by atoms with Crippen LogP contribution < -0.4 is 10.6 Å². The van der Waals surface area contributed by atoms with Crippen LogP contribution in [0.3, 0.4) is 0 Å². The molecule has 3 rings (SSSR count). The standard InChI is InChI=1S/C22H32N4O3.HI/c1-4-23-22(25-14-21-26-16(2)17(3)29-21)24-13-18-6-5-7-19(12-18)15-28-20-8-10-27-11-9-20;/h5-7,12,20H,4,8-11,13-15H2,1-3H3,(H2,23,24,25);1H. The predicted molar refractivity (Wildman–Crippen MR) is 128 cm³/mol. The third kappa shape index (κ3) is 7.88. The molecule has 0 saturated carbocycles. The van der Waals surface area contributed by atoms with Crippen LogP contribution in [-0.2, 0) is 29.2 Å². The molecule has 1 aliphatic heterocycles. The van der Waals surface area contributed by atoms with Gasteiger partial charge in [0.15, 0.2) is 5.96 Å². The summed E-state index contributed by atoms with van der Waals surface area (Å²) in [5, 5.41) is 6.54. The van der Waals surface area contributed by atoms with Crippen molar-refractivity contribution in [2.75, 3.05) is 19.8 Å². The van der Waals surface area contributed by atoms with Crippen LogP contribution in [0.25, 0.3) is 0 Å². The fourth-order valence-corrected chi connectivity index (χ4v) is 3.16. The van der Waals surface area contributed by atoms with E-state index in [9.17, 15) is 0 Å². The van der Waals surface area contributed by atoms with Crippen molar-refractivity contribution in [1.29, 1.82) is 0 Å². The molecule has 8 heteroatoms. The molecule has 1 fully saturated rings. The zero-order valence-electron chi connectivity index (χ0n) is 18.1. The number of hydrogen-bond acceptors (Lipinski definition) is 5. The lowest BCUT2D eigenvalue weighted by atomic mass is 10.1. The molecule has 1 saturated heterocycles. The van der Waals surface area contributed by atoms with Crippen LogP contribution >= 0.6 is 24.0 Å². The second-order valence-corrected chi connectivity index (χ2v) is 7.24. The number of rotatable bonds is 8. The molecular formula is C22H33IN4O3. The van der Waals surface area contributed by atoms with Gasteiger partial charge >= 0.3 is 0 Å². The summed E-state index contributed by atoms with van der Waals surface area (Å²) in [4.78, 5) is 9.08. The third-order valence-corrected chi connectivity index (χ3v) is 4.89. The first-order valence-electron chi connectivity index (χ1n) is 10.4. The number of aromatic nitrogens is 1. The van der Waals surface area contributed by atoms with Gasteiger partial charge in [-0.1, -0.05) is 24.3 Å². The van der Waals surface area contributed by atoms with E-state index in [1.54, 1.807) is 0 Å². The Balaban J connectivity index is 0.00000320. The second-order valence-electron chi connectivity index (χ2n) is 7.24. The van der Waals surface area contributed by atoms with Crippen molar-refractivity contribution < 1.29 is 13.9 Å². The maximum atomic E-state index is 6.03. The van der Waals surface area contributed by atoms with Gasteiger partial charge in [-0.15, -0.1) is 24.0 Å². The van der Waals surface area contributed by atoms with Crippen molar-refractivity contribution in [2.24, 2.45) is 4.99 Å². The van der Waals surface area contributed by atoms with Crippen molar-refractivity contribution in [3.63, 3.8) is 0 Å². The smallest absolute Gasteiger partial charge is 0.214 e. The first-order chi connectivity index (χ1) is 14.1. The Hall–Kier alpha value is -1.65. The van der Waals surface area contributed by atoms with E-state index in [0.717, 1.165) is 55.6 Å². The highest BCUT2D eigenvalue weighted by molar-refractivity contribution is 14.0. The lowest BCUT2D eigenvalue weighted by molar-refractivity contribution is -0.0390. The van der Waals surface area contributed by atoms with E-state index in [1.807, 2.05) is 20.8 Å². The minimum atomic E-state index is 0. The summed E-state index contributed by atoms with van der Waals surface area (Å²) < 4.78 is 17.0. The fraction of sp³-hybridized carbons (Fsp3) is 0.545. The Morgan fingerprint density at radius 1 is 1.20 bits per heavy atom. The molecule has 0 bridgehead atoms. The third-order valence-electron chi connectivity index (χ3n) is 4.89. The number of aryl methyl sites for hydroxylation is 2. The predicted octanol–water partition coefficient (Wildman–Crippen LogP) is 3.86. The maximum absolute atomic E-state index is 6.03. The van der Waals surface area contributed by atoms with Gasteiger partial charge in [-0.3, -0.25) is 0 Å². The summed E-state index contributed by atoms with van der Waals surface area (Å²) in [6.45, 7) is 10.0. The van der Waals surface area contributed by atoms with Gasteiger partial charge in [0, 0.05) is 19.8 Å². The van der Waals surface area contributed by atoms with Gasteiger partial charge in [-0.2, -0.15) is 0 Å². The maximum Gasteiger partial charge on any atom is 0.214 e. The minimum Gasteiger partial charge on any atom is -0.444 e. The van der Waals surface area contributed by atoms with Gasteiger partial charge in [-0.25, -0.2) is 9.98 Å². The molecule has 1 aromatic heterocycles. The van der Waals surface area contributed by atoms with Gasteiger partial charge < -0.3 is 24.5 Å². The number of aliphatic imine (C=N–C) groups is 1. The van der Waals surface area contributed by atoms with Crippen LogP contribution in [0.5, 0.6) is 0 Å². The molecule has 0 radical (unpaired) electrons. The van der Waals surface area contributed by atoms with Crippen molar-refractivity contribution in [2.45, 2.75) is 59.4 Å². The summed E-state index contributed by atoms with van der Waals surface area (Å²) in [5.41, 5.74) is 3.24. The monoisotopic (exact) mass is 528 g/mol. The molecule has 0 spiro atoms. The molecular weight excluding hydrogens is 495 g/mol. The average Bonchev–Trinajstić information content (AvgIpc) is 3.07. The topological polar surface area (TPSA) is 80.9 Å². The van der Waals surface area contributed by atoms with Crippen LogP contribution in [0.4, 0.5) is 0 Å². The largest absolute Gasteiger partial charge is 0.444 e. The molecule has 166 valence electrons. The Morgan fingerprint density at radius 2 is 1.97 bits per heavy atom. The summed E-state index contributed by atoms with van der Waals surface area (Å²) >= 11 is 0. The number of guanidine groups is 1. The highest BCUT2D eigenvalue weighted by Crippen LogP contribution is 2.14. The fourth-order valence-electron chi connectivity index (χ4n) is 3.16. The summed E-state index contributed by atoms with van der Waals surface area (Å²) in [6, 6.07) is 8.41. The number of nitrogens with zero attached hydrogens (tertiary/aromatic N) is 2. The Kier molecular flexibility index (Phi) is 10.6. The van der Waals surface area contributed by atoms with Gasteiger partial charge in [0.25, 0.3) is 0 Å². The summed E-state index contributed by atoms with van der Waals surface area (Å²) in [6.07, 6.45) is 2.26. The average molecular weight is 528 g/mol. The molecule has 7 nitrogen and oxygen atoms in total. The Morgan fingerprint density at radius 3 is 2.67 bits per heavy atom. The van der Waals surface area contributed by atoms with Gasteiger partial charge in [0.2, 0.25) is 5.89 Å². The van der Waals surface area contributed by atoms with Crippen molar-refractivity contribution in [1.82, 2.24) is 15.6 Å². The zero-order valence-corrected chi connectivity index (χ0v) is 20.4. The molecule has 2 aromatic rings. The molecule has 1 aliphatic rings. The molecule has 30 heavy (non-hydrogen) atoms. The van der Waals surface area contributed by atoms with E-state index in [0.29, 0.717) is 31.7 Å². The van der Waals surface area contributed by atoms with E-state index in [4.69, 9.17) is 13.9 Å². The molecule has 0 aliphatic carbocycles. The van der Waals surface area contributed by atoms with Gasteiger partial charge in [0.05, 0.1) is 31.5 Å². The van der Waals surface area contributed by atoms with Crippen molar-refractivity contribution >= 4 is 29.9 Å². The lowest BCUT2D eigenvalue weighted by Gasteiger charge is -2.22. The van der Waals surface area contributed by atoms with Crippen molar-refractivity contribution in [3.8, 4) is 0 Å². The number of nitrogens with one attached hydrogen (secondary N) is 2. The van der Waals surface area contributed by atoms with Crippen LogP contribution in [0.2, 0.25) is 0 Å². The van der Waals surface area contributed by atoms with E-state index in [1.165, 1.54) is 5.56 Å². The van der Waals surface area contributed by atoms with E-state index in [-0.39, 0.29) is 24.0 Å². The molecule has 2 heterocycles. The summed E-state index contributed by atoms with van der Waals surface area (Å²) in [5.74, 6) is 2.26. The van der Waals surface area contributed by atoms with E-state index < -0.39 is 0 Å². The quantitative estimate of drug-likeness (QED) is 0.308. The first-order valence-corrected chi connectivity index (χ1v) is 10.4. The van der Waals surface area contributed by atoms with Crippen LogP contribution in [0.15, 0.2) is 33.7 Å². The SMILES string of the molecule is CCNC(=NCc1cccc(COC2CCOCC2)c1)NCc1nc(C)c(C)o1.I. The number of halogens is 1. The lowest BCUT2D eigenvalue weighted by Crippen LogP contribution is -2.36. The number of oxazole rings is 1. The zero-order chi connectivity index (χ0) is 20.5. The second kappa shape index (κ2) is 12.9. The van der Waals surface area contributed by atoms with Gasteiger partial charge in [0.1, 0.15) is 5.76 Å². The molecule has 0 amide bonds. The van der Waals surface area contributed by atoms with Crippen molar-refractivity contribution in [3.05, 3.63) is 52.7 Å². The van der Waals surface area contributed by atoms with Gasteiger partial charge in [-0.05, 0) is 44.7 Å². The highest BCUT2D eigenvalue weighted by Gasteiger charge is 2.14. The van der Waals surface area contributed by atoms with Crippen LogP contribution in [0.1, 0.15) is 48.2 Å². The molecule has 0 atom stereocenters. The molecule has 0 unspecified atom stereocenters.